The Balaban J connectivity index is 1.80. The number of nitrogens with zero attached hydrogens (tertiary/aromatic N) is 3. The van der Waals surface area contributed by atoms with Gasteiger partial charge in [0, 0.05) is 18.7 Å². The Hall–Kier alpha value is -2.92. The molecule has 2 heterocycles. The lowest BCUT2D eigenvalue weighted by atomic mass is 10.0. The molecule has 0 fully saturated rings. The minimum Gasteiger partial charge on any atom is -0.382 e. The fourth-order valence-electron chi connectivity index (χ4n) is 2.66. The third kappa shape index (κ3) is 4.44. The van der Waals surface area contributed by atoms with Crippen molar-refractivity contribution >= 4 is 11.7 Å². The van der Waals surface area contributed by atoms with Gasteiger partial charge in [-0.3, -0.25) is 9.89 Å². The number of anilines is 1. The summed E-state index contributed by atoms with van der Waals surface area (Å²) in [5, 5.41) is 14.8. The van der Waals surface area contributed by atoms with Crippen LogP contribution in [0.2, 0.25) is 0 Å². The van der Waals surface area contributed by atoms with Crippen LogP contribution in [0.5, 0.6) is 0 Å². The molecule has 1 aromatic carbocycles. The second-order valence-corrected chi connectivity index (χ2v) is 5.99. The van der Waals surface area contributed by atoms with Gasteiger partial charge in [-0.1, -0.05) is 30.3 Å². The van der Waals surface area contributed by atoms with Crippen molar-refractivity contribution < 1.29 is 18.3 Å². The Morgan fingerprint density at radius 3 is 2.63 bits per heavy atom. The number of nitrogens with two attached hydrogens (primary N) is 1. The van der Waals surface area contributed by atoms with Crippen molar-refractivity contribution in [3.63, 3.8) is 0 Å². The fourth-order valence-corrected chi connectivity index (χ4v) is 2.66. The molecule has 0 aliphatic heterocycles. The van der Waals surface area contributed by atoms with Crippen molar-refractivity contribution in [1.82, 2.24) is 24.9 Å². The molecule has 2 unspecified atom stereocenters. The van der Waals surface area contributed by atoms with Crippen molar-refractivity contribution in [1.29, 1.82) is 0 Å². The molecule has 2 atom stereocenters. The summed E-state index contributed by atoms with van der Waals surface area (Å²) in [5.74, 6) is -0.00747. The zero-order chi connectivity index (χ0) is 19.6. The number of alkyl halides is 3. The van der Waals surface area contributed by atoms with Gasteiger partial charge in [-0.05, 0) is 12.0 Å². The number of aromatic amines is 1. The predicted octanol–water partition coefficient (Wildman–Crippen LogP) is 0.624. The number of nitrogen functional groups attached to an aromatic ring is 1. The molecule has 144 valence electrons. The molecule has 8 nitrogen and oxygen atoms in total. The minimum absolute atomic E-state index is 0.00720. The Bertz CT molecular complexity index is 970. The smallest absolute Gasteiger partial charge is 0.382 e. The second-order valence-electron chi connectivity index (χ2n) is 5.99. The summed E-state index contributed by atoms with van der Waals surface area (Å²) in [6.07, 6.45) is -7.43. The number of aromatic nitrogens is 4. The third-order valence-electron chi connectivity index (χ3n) is 3.96. The first-order valence-electron chi connectivity index (χ1n) is 8.00. The van der Waals surface area contributed by atoms with Crippen molar-refractivity contribution in [2.45, 2.75) is 31.3 Å². The van der Waals surface area contributed by atoms with Gasteiger partial charge in [0.1, 0.15) is 0 Å². The summed E-state index contributed by atoms with van der Waals surface area (Å²) in [4.78, 5) is 19.9. The topological polar surface area (TPSA) is 121 Å². The van der Waals surface area contributed by atoms with E-state index in [2.05, 4.69) is 20.4 Å². The van der Waals surface area contributed by atoms with E-state index in [4.69, 9.17) is 5.73 Å². The average molecular weight is 382 g/mol. The molecule has 0 saturated carbocycles. The largest absolute Gasteiger partial charge is 0.415 e. The molecule has 3 rings (SSSR count). The van der Waals surface area contributed by atoms with Gasteiger partial charge in [0.25, 0.3) is 11.3 Å². The van der Waals surface area contributed by atoms with Crippen molar-refractivity contribution in [2.75, 3.05) is 5.73 Å². The van der Waals surface area contributed by atoms with Gasteiger partial charge in [0.2, 0.25) is 5.95 Å². The van der Waals surface area contributed by atoms with Crippen LogP contribution in [-0.2, 0) is 13.0 Å². The van der Waals surface area contributed by atoms with Crippen LogP contribution in [0.3, 0.4) is 0 Å². The molecule has 0 amide bonds. The Morgan fingerprint density at radius 2 is 1.96 bits per heavy atom. The van der Waals surface area contributed by atoms with Crippen LogP contribution >= 0.6 is 0 Å². The lowest BCUT2D eigenvalue weighted by Gasteiger charge is -2.26. The summed E-state index contributed by atoms with van der Waals surface area (Å²) >= 11 is 0. The van der Waals surface area contributed by atoms with Gasteiger partial charge in [-0.15, -0.1) is 0 Å². The van der Waals surface area contributed by atoms with Crippen molar-refractivity contribution in [3.8, 4) is 0 Å². The molecule has 0 aliphatic rings. The van der Waals surface area contributed by atoms with Crippen molar-refractivity contribution in [2.24, 2.45) is 0 Å². The quantitative estimate of drug-likeness (QED) is 0.496. The van der Waals surface area contributed by atoms with Crippen LogP contribution in [0.15, 0.2) is 41.2 Å². The zero-order valence-electron chi connectivity index (χ0n) is 13.9. The Morgan fingerprint density at radius 1 is 1.26 bits per heavy atom. The van der Waals surface area contributed by atoms with Gasteiger partial charge in [-0.2, -0.15) is 22.7 Å². The number of rotatable bonds is 6. The summed E-state index contributed by atoms with van der Waals surface area (Å²) in [6.45, 7) is -0.164. The lowest BCUT2D eigenvalue weighted by molar-refractivity contribution is -0.212. The van der Waals surface area contributed by atoms with E-state index in [0.717, 1.165) is 10.6 Å². The van der Waals surface area contributed by atoms with Gasteiger partial charge >= 0.3 is 6.18 Å². The molecular formula is C16H17F3N6O2. The maximum absolute atomic E-state index is 13.0. The second kappa shape index (κ2) is 7.37. The Kier molecular flexibility index (Phi) is 5.15. The number of halogens is 3. The number of H-pyrrole nitrogens is 1. The number of fused-ring (bicyclic) bond motifs is 1. The van der Waals surface area contributed by atoms with E-state index in [1.807, 2.05) is 0 Å². The summed E-state index contributed by atoms with van der Waals surface area (Å²) in [6, 6.07) is 8.31. The fraction of sp³-hybridized carbons (Fsp3) is 0.312. The van der Waals surface area contributed by atoms with E-state index in [0.29, 0.717) is 5.56 Å². The van der Waals surface area contributed by atoms with E-state index in [1.165, 1.54) is 0 Å². The molecule has 0 spiro atoms. The van der Waals surface area contributed by atoms with Crippen LogP contribution in [0.4, 0.5) is 19.1 Å². The van der Waals surface area contributed by atoms with E-state index >= 15 is 0 Å². The van der Waals surface area contributed by atoms with Gasteiger partial charge < -0.3 is 16.2 Å². The average Bonchev–Trinajstić information content (AvgIpc) is 2.99. The molecule has 11 heteroatoms. The van der Waals surface area contributed by atoms with Crippen LogP contribution in [0.1, 0.15) is 11.3 Å². The standard InChI is InChI=1S/C16H17F3N6O2/c17-16(18,19)13(27)11(6-9-4-2-1-3-5-9)21-8-10-7-12(26)25-15(22-10)23-14(20)24-25/h1-5,7,11,13,21,27H,6,8H2,(H3,20,22,23,24). The number of aliphatic hydroxyl groups is 1. The summed E-state index contributed by atoms with van der Waals surface area (Å²) < 4.78 is 40.1. The highest BCUT2D eigenvalue weighted by atomic mass is 19.4. The van der Waals surface area contributed by atoms with Crippen LogP contribution in [0.25, 0.3) is 5.78 Å². The number of benzene rings is 1. The summed E-state index contributed by atoms with van der Waals surface area (Å²) in [5.41, 5.74) is 5.77. The molecule has 2 aromatic heterocycles. The van der Waals surface area contributed by atoms with Crippen LogP contribution in [-0.4, -0.2) is 43.0 Å². The number of hydrogen-bond donors (Lipinski definition) is 4. The lowest BCUT2D eigenvalue weighted by Crippen LogP contribution is -2.49. The molecule has 27 heavy (non-hydrogen) atoms. The van der Waals surface area contributed by atoms with E-state index in [1.54, 1.807) is 30.3 Å². The number of nitrogens with one attached hydrogen (secondary N) is 2. The van der Waals surface area contributed by atoms with E-state index in [-0.39, 0.29) is 30.4 Å². The third-order valence-corrected chi connectivity index (χ3v) is 3.96. The van der Waals surface area contributed by atoms with Gasteiger partial charge in [0.15, 0.2) is 6.10 Å². The number of hydrogen-bond acceptors (Lipinski definition) is 6. The monoisotopic (exact) mass is 382 g/mol. The maximum Gasteiger partial charge on any atom is 0.415 e. The molecule has 5 N–H and O–H groups in total. The van der Waals surface area contributed by atoms with Gasteiger partial charge in [-0.25, -0.2) is 4.98 Å². The molecular weight excluding hydrogens is 365 g/mol. The van der Waals surface area contributed by atoms with Gasteiger partial charge in [0.05, 0.1) is 5.69 Å². The van der Waals surface area contributed by atoms with E-state index < -0.39 is 23.9 Å². The predicted molar refractivity (Wildman–Crippen MR) is 90.9 cm³/mol. The molecule has 0 saturated heterocycles. The van der Waals surface area contributed by atoms with Crippen molar-refractivity contribution in [3.05, 3.63) is 58.0 Å². The first-order chi connectivity index (χ1) is 12.7. The Labute approximate surface area is 150 Å². The molecule has 0 radical (unpaired) electrons. The van der Waals surface area contributed by atoms with E-state index in [9.17, 15) is 23.1 Å². The molecule has 3 aromatic rings. The summed E-state index contributed by atoms with van der Waals surface area (Å²) in [7, 11) is 0. The first-order valence-corrected chi connectivity index (χ1v) is 8.00. The molecule has 0 aliphatic carbocycles. The van der Waals surface area contributed by atoms with Crippen LogP contribution < -0.4 is 16.6 Å². The highest BCUT2D eigenvalue weighted by molar-refractivity contribution is 5.34. The normalized spacial score (nSPS) is 14.4. The number of aliphatic hydroxyl groups excluding tert-OH is 1. The highest BCUT2D eigenvalue weighted by Gasteiger charge is 2.43. The zero-order valence-corrected chi connectivity index (χ0v) is 13.9. The first kappa shape index (κ1) is 18.9. The SMILES string of the molecule is Nc1nc2nc(CNC(Cc3ccccc3)C(O)C(F)(F)F)cc(=O)n2[nH]1. The minimum atomic E-state index is -4.79. The van der Waals surface area contributed by atoms with Crippen LogP contribution in [0, 0.1) is 0 Å². The highest BCUT2D eigenvalue weighted by Crippen LogP contribution is 2.24. The molecule has 0 bridgehead atoms. The maximum atomic E-state index is 13.0.